The van der Waals surface area contributed by atoms with Crippen LogP contribution in [0.25, 0.3) is 22.0 Å². The van der Waals surface area contributed by atoms with Gasteiger partial charge < -0.3 is 10.1 Å². The highest BCUT2D eigenvalue weighted by molar-refractivity contribution is 7.14. The predicted octanol–water partition coefficient (Wildman–Crippen LogP) is 4.30. The molecule has 0 fully saturated rings. The summed E-state index contributed by atoms with van der Waals surface area (Å²) in [7, 11) is 0. The summed E-state index contributed by atoms with van der Waals surface area (Å²) in [5.74, 6) is 0.665. The van der Waals surface area contributed by atoms with E-state index >= 15 is 0 Å². The van der Waals surface area contributed by atoms with Gasteiger partial charge in [-0.15, -0.1) is 22.7 Å². The Morgan fingerprint density at radius 3 is 2.69 bits per heavy atom. The van der Waals surface area contributed by atoms with E-state index in [2.05, 4.69) is 25.3 Å². The summed E-state index contributed by atoms with van der Waals surface area (Å²) in [5, 5.41) is 7.92. The molecule has 0 saturated carbocycles. The van der Waals surface area contributed by atoms with Gasteiger partial charge in [0.15, 0.2) is 5.13 Å². The molecule has 9 heteroatoms. The maximum atomic E-state index is 12.4. The maximum absolute atomic E-state index is 12.4. The topological polar surface area (TPSA) is 89.9 Å². The quantitative estimate of drug-likeness (QED) is 0.477. The van der Waals surface area contributed by atoms with Crippen LogP contribution in [0.3, 0.4) is 0 Å². The molecule has 0 aliphatic carbocycles. The zero-order chi connectivity index (χ0) is 20.1. The Labute approximate surface area is 175 Å². The molecule has 4 rings (SSSR count). The van der Waals surface area contributed by atoms with Crippen LogP contribution in [0, 0.1) is 0 Å². The number of anilines is 1. The van der Waals surface area contributed by atoms with Crippen molar-refractivity contribution in [1.82, 2.24) is 19.9 Å². The Bertz CT molecular complexity index is 1090. The molecule has 1 amide bonds. The van der Waals surface area contributed by atoms with E-state index in [1.165, 1.54) is 22.7 Å². The molecule has 0 atom stereocenters. The van der Waals surface area contributed by atoms with Crippen molar-refractivity contribution in [2.24, 2.45) is 0 Å². The number of carbonyl (C=O) groups is 1. The molecular formula is C20H17N5O2S2. The van der Waals surface area contributed by atoms with Crippen molar-refractivity contribution in [3.8, 4) is 27.7 Å². The average molecular weight is 424 g/mol. The molecular weight excluding hydrogens is 406 g/mol. The van der Waals surface area contributed by atoms with Gasteiger partial charge >= 0.3 is 0 Å². The lowest BCUT2D eigenvalue weighted by atomic mass is 10.2. The summed E-state index contributed by atoms with van der Waals surface area (Å²) in [6.07, 6.45) is 5.06. The van der Waals surface area contributed by atoms with Crippen LogP contribution in [0.4, 0.5) is 5.13 Å². The molecule has 4 aromatic rings. The summed E-state index contributed by atoms with van der Waals surface area (Å²) < 4.78 is 5.45. The lowest BCUT2D eigenvalue weighted by molar-refractivity contribution is -0.115. The number of hydrogen-bond donors (Lipinski definition) is 1. The molecule has 0 aliphatic rings. The Balaban J connectivity index is 1.37. The van der Waals surface area contributed by atoms with Crippen molar-refractivity contribution in [3.05, 3.63) is 59.3 Å². The van der Waals surface area contributed by atoms with Gasteiger partial charge in [-0.1, -0.05) is 0 Å². The van der Waals surface area contributed by atoms with Crippen molar-refractivity contribution < 1.29 is 9.53 Å². The molecule has 1 aromatic carbocycles. The van der Waals surface area contributed by atoms with Gasteiger partial charge in [-0.05, 0) is 31.2 Å². The molecule has 29 heavy (non-hydrogen) atoms. The van der Waals surface area contributed by atoms with Crippen molar-refractivity contribution >= 4 is 33.7 Å². The summed E-state index contributed by atoms with van der Waals surface area (Å²) >= 11 is 2.83. The minimum absolute atomic E-state index is 0.159. The van der Waals surface area contributed by atoms with Gasteiger partial charge in [-0.25, -0.2) is 9.97 Å². The molecule has 3 heterocycles. The Kier molecular flexibility index (Phi) is 5.87. The summed E-state index contributed by atoms with van der Waals surface area (Å²) in [6.45, 7) is 2.58. The molecule has 146 valence electrons. The summed E-state index contributed by atoms with van der Waals surface area (Å²) in [4.78, 5) is 29.6. The van der Waals surface area contributed by atoms with Gasteiger partial charge in [0.05, 0.1) is 30.6 Å². The highest BCUT2D eigenvalue weighted by Gasteiger charge is 2.12. The largest absolute Gasteiger partial charge is 0.494 e. The Morgan fingerprint density at radius 1 is 1.07 bits per heavy atom. The lowest BCUT2D eigenvalue weighted by Gasteiger charge is -2.03. The van der Waals surface area contributed by atoms with Crippen LogP contribution >= 0.6 is 22.7 Å². The van der Waals surface area contributed by atoms with E-state index in [0.29, 0.717) is 23.1 Å². The predicted molar refractivity (Wildman–Crippen MR) is 114 cm³/mol. The number of nitrogens with one attached hydrogen (secondary N) is 1. The third kappa shape index (κ3) is 4.82. The summed E-state index contributed by atoms with van der Waals surface area (Å²) in [5.41, 5.74) is 3.17. The van der Waals surface area contributed by atoms with Crippen molar-refractivity contribution in [3.63, 3.8) is 0 Å². The minimum atomic E-state index is -0.159. The van der Waals surface area contributed by atoms with Crippen LogP contribution in [-0.4, -0.2) is 32.4 Å². The second-order valence-corrected chi connectivity index (χ2v) is 7.67. The number of hydrogen-bond acceptors (Lipinski definition) is 8. The number of nitrogens with zero attached hydrogens (tertiary/aromatic N) is 4. The maximum Gasteiger partial charge on any atom is 0.232 e. The Hall–Kier alpha value is -3.17. The van der Waals surface area contributed by atoms with E-state index in [-0.39, 0.29) is 12.3 Å². The monoisotopic (exact) mass is 423 g/mol. The number of carbonyl (C=O) groups excluding carboxylic acids is 1. The van der Waals surface area contributed by atoms with Gasteiger partial charge in [-0.3, -0.25) is 14.8 Å². The SMILES string of the molecule is CCOc1ccc(-c2csc(NC(=O)Cc3csc(-c4cnccn4)n3)n2)cc1. The summed E-state index contributed by atoms with van der Waals surface area (Å²) in [6, 6.07) is 7.73. The fourth-order valence-electron chi connectivity index (χ4n) is 2.60. The van der Waals surface area contributed by atoms with E-state index in [9.17, 15) is 4.79 Å². The average Bonchev–Trinajstić information content (AvgIpc) is 3.39. The zero-order valence-electron chi connectivity index (χ0n) is 15.5. The Morgan fingerprint density at radius 2 is 1.93 bits per heavy atom. The minimum Gasteiger partial charge on any atom is -0.494 e. The molecule has 3 aromatic heterocycles. The number of aromatic nitrogens is 4. The van der Waals surface area contributed by atoms with E-state index in [4.69, 9.17) is 4.74 Å². The highest BCUT2D eigenvalue weighted by atomic mass is 32.1. The molecule has 0 aliphatic heterocycles. The second-order valence-electron chi connectivity index (χ2n) is 5.95. The number of rotatable bonds is 7. The van der Waals surface area contributed by atoms with Gasteiger partial charge in [0.25, 0.3) is 0 Å². The highest BCUT2D eigenvalue weighted by Crippen LogP contribution is 2.27. The lowest BCUT2D eigenvalue weighted by Crippen LogP contribution is -2.14. The van der Waals surface area contributed by atoms with E-state index in [0.717, 1.165) is 22.0 Å². The van der Waals surface area contributed by atoms with Gasteiger partial charge in [-0.2, -0.15) is 0 Å². The van der Waals surface area contributed by atoms with Gasteiger partial charge in [0.2, 0.25) is 5.91 Å². The fourth-order valence-corrected chi connectivity index (χ4v) is 4.11. The molecule has 0 saturated heterocycles. The first kappa shape index (κ1) is 19.2. The zero-order valence-corrected chi connectivity index (χ0v) is 17.2. The first-order valence-electron chi connectivity index (χ1n) is 8.90. The number of benzene rings is 1. The molecule has 0 radical (unpaired) electrons. The van der Waals surface area contributed by atoms with Crippen molar-refractivity contribution in [2.75, 3.05) is 11.9 Å². The molecule has 1 N–H and O–H groups in total. The third-order valence-corrected chi connectivity index (χ3v) is 5.56. The van der Waals surface area contributed by atoms with Gasteiger partial charge in [0.1, 0.15) is 16.5 Å². The smallest absolute Gasteiger partial charge is 0.232 e. The van der Waals surface area contributed by atoms with Crippen LogP contribution in [0.2, 0.25) is 0 Å². The third-order valence-electron chi connectivity index (χ3n) is 3.89. The van der Waals surface area contributed by atoms with Crippen LogP contribution in [0.5, 0.6) is 5.75 Å². The molecule has 0 unspecified atom stereocenters. The first-order valence-corrected chi connectivity index (χ1v) is 10.7. The van der Waals surface area contributed by atoms with E-state index in [1.54, 1.807) is 18.6 Å². The molecule has 0 spiro atoms. The van der Waals surface area contributed by atoms with E-state index < -0.39 is 0 Å². The van der Waals surface area contributed by atoms with Crippen molar-refractivity contribution in [2.45, 2.75) is 13.3 Å². The number of thiazole rings is 2. The number of ether oxygens (including phenoxy) is 1. The number of amides is 1. The van der Waals surface area contributed by atoms with Gasteiger partial charge in [0, 0.05) is 28.7 Å². The standard InChI is InChI=1S/C20H17N5O2S2/c1-2-27-15-5-3-13(4-6-15)17-12-29-20(24-17)25-18(26)9-14-11-28-19(23-14)16-10-21-7-8-22-16/h3-8,10-12H,2,9H2,1H3,(H,24,25,26). The van der Waals surface area contributed by atoms with Crippen LogP contribution in [-0.2, 0) is 11.2 Å². The second kappa shape index (κ2) is 8.89. The fraction of sp³-hybridized carbons (Fsp3) is 0.150. The molecule has 0 bridgehead atoms. The van der Waals surface area contributed by atoms with Crippen LogP contribution < -0.4 is 10.1 Å². The molecule has 7 nitrogen and oxygen atoms in total. The van der Waals surface area contributed by atoms with E-state index in [1.807, 2.05) is 41.9 Å². The van der Waals surface area contributed by atoms with Crippen LogP contribution in [0.15, 0.2) is 53.6 Å². The normalized spacial score (nSPS) is 10.7. The van der Waals surface area contributed by atoms with Crippen molar-refractivity contribution in [1.29, 1.82) is 0 Å². The first-order chi connectivity index (χ1) is 14.2. The van der Waals surface area contributed by atoms with Crippen LogP contribution in [0.1, 0.15) is 12.6 Å².